The molecule has 0 spiro atoms. The standard InChI is InChI=1S/C15H20O4/c1-11(2)8-9-14(13(17)10-16)19-15(18)12-6-4-3-5-7-12/h3-8,13-14,16-17H,9-10H2,1-2H3/t13-,14+/m0/s1. The van der Waals surface area contributed by atoms with Crippen molar-refractivity contribution in [1.82, 2.24) is 0 Å². The predicted molar refractivity (Wildman–Crippen MR) is 72.8 cm³/mol. The molecule has 1 aromatic rings. The predicted octanol–water partition coefficient (Wildman–Crippen LogP) is 1.92. The van der Waals surface area contributed by atoms with Gasteiger partial charge < -0.3 is 14.9 Å². The average molecular weight is 264 g/mol. The van der Waals surface area contributed by atoms with Gasteiger partial charge >= 0.3 is 5.97 Å². The Bertz CT molecular complexity index is 421. The van der Waals surface area contributed by atoms with Crippen LogP contribution in [0.4, 0.5) is 0 Å². The lowest BCUT2D eigenvalue weighted by atomic mass is 10.1. The zero-order valence-corrected chi connectivity index (χ0v) is 11.2. The highest BCUT2D eigenvalue weighted by molar-refractivity contribution is 5.89. The molecule has 0 heterocycles. The molecule has 0 aromatic heterocycles. The molecule has 4 heteroatoms. The lowest BCUT2D eigenvalue weighted by molar-refractivity contribution is -0.0356. The van der Waals surface area contributed by atoms with Crippen molar-refractivity contribution in [1.29, 1.82) is 0 Å². The smallest absolute Gasteiger partial charge is 0.338 e. The van der Waals surface area contributed by atoms with E-state index in [2.05, 4.69) is 0 Å². The number of ether oxygens (including phenoxy) is 1. The number of hydrogen-bond donors (Lipinski definition) is 2. The Morgan fingerprint density at radius 2 is 1.95 bits per heavy atom. The third-order valence-corrected chi connectivity index (χ3v) is 2.64. The van der Waals surface area contributed by atoms with Crippen LogP contribution < -0.4 is 0 Å². The normalized spacial score (nSPS) is 13.5. The van der Waals surface area contributed by atoms with Gasteiger partial charge in [0, 0.05) is 6.42 Å². The topological polar surface area (TPSA) is 66.8 Å². The first kappa shape index (κ1) is 15.4. The molecule has 0 aliphatic carbocycles. The van der Waals surface area contributed by atoms with E-state index in [4.69, 9.17) is 9.84 Å². The summed E-state index contributed by atoms with van der Waals surface area (Å²) in [6.45, 7) is 3.39. The maximum atomic E-state index is 11.9. The lowest BCUT2D eigenvalue weighted by Crippen LogP contribution is -2.33. The molecule has 0 amide bonds. The fourth-order valence-electron chi connectivity index (χ4n) is 1.53. The first-order valence-corrected chi connectivity index (χ1v) is 6.23. The van der Waals surface area contributed by atoms with Crippen molar-refractivity contribution in [3.8, 4) is 0 Å². The Balaban J connectivity index is 2.72. The minimum atomic E-state index is -1.08. The van der Waals surface area contributed by atoms with Crippen LogP contribution >= 0.6 is 0 Å². The number of carbonyl (C=O) groups is 1. The highest BCUT2D eigenvalue weighted by Crippen LogP contribution is 2.11. The number of benzene rings is 1. The van der Waals surface area contributed by atoms with Crippen molar-refractivity contribution in [3.63, 3.8) is 0 Å². The third kappa shape index (κ3) is 5.24. The number of aliphatic hydroxyl groups is 2. The van der Waals surface area contributed by atoms with Crippen LogP contribution in [0.3, 0.4) is 0 Å². The van der Waals surface area contributed by atoms with Gasteiger partial charge in [-0.3, -0.25) is 0 Å². The second-order valence-electron chi connectivity index (χ2n) is 4.58. The summed E-state index contributed by atoms with van der Waals surface area (Å²) >= 11 is 0. The second kappa shape index (κ2) is 7.71. The average Bonchev–Trinajstić information content (AvgIpc) is 2.43. The Kier molecular flexibility index (Phi) is 6.25. The van der Waals surface area contributed by atoms with Gasteiger partial charge in [-0.1, -0.05) is 29.8 Å². The van der Waals surface area contributed by atoms with Crippen molar-refractivity contribution >= 4 is 5.97 Å². The Hall–Kier alpha value is -1.65. The zero-order chi connectivity index (χ0) is 14.3. The summed E-state index contributed by atoms with van der Waals surface area (Å²) in [5.41, 5.74) is 1.49. The number of esters is 1. The minimum Gasteiger partial charge on any atom is -0.456 e. The molecule has 0 aliphatic rings. The molecule has 104 valence electrons. The molecule has 2 atom stereocenters. The van der Waals surface area contributed by atoms with Gasteiger partial charge in [0.15, 0.2) is 0 Å². The summed E-state index contributed by atoms with van der Waals surface area (Å²) in [5, 5.41) is 18.7. The number of allylic oxidation sites excluding steroid dienone is 1. The van der Waals surface area contributed by atoms with Crippen LogP contribution in [-0.4, -0.2) is 35.0 Å². The Labute approximate surface area is 113 Å². The fraction of sp³-hybridized carbons (Fsp3) is 0.400. The number of carbonyl (C=O) groups excluding carboxylic acids is 1. The van der Waals surface area contributed by atoms with Crippen LogP contribution in [0.15, 0.2) is 42.0 Å². The van der Waals surface area contributed by atoms with E-state index in [1.165, 1.54) is 0 Å². The summed E-state index contributed by atoms with van der Waals surface area (Å²) < 4.78 is 5.25. The summed E-state index contributed by atoms with van der Waals surface area (Å²) in [4.78, 5) is 11.9. The quantitative estimate of drug-likeness (QED) is 0.608. The van der Waals surface area contributed by atoms with Crippen LogP contribution in [-0.2, 0) is 4.74 Å². The Morgan fingerprint density at radius 1 is 1.32 bits per heavy atom. The van der Waals surface area contributed by atoms with E-state index in [1.54, 1.807) is 30.3 Å². The van der Waals surface area contributed by atoms with Crippen LogP contribution in [0.1, 0.15) is 30.6 Å². The molecule has 4 nitrogen and oxygen atoms in total. The van der Waals surface area contributed by atoms with Gasteiger partial charge in [0.05, 0.1) is 12.2 Å². The molecule has 0 radical (unpaired) electrons. The largest absolute Gasteiger partial charge is 0.456 e. The van der Waals surface area contributed by atoms with E-state index in [-0.39, 0.29) is 0 Å². The summed E-state index contributed by atoms with van der Waals surface area (Å²) in [5.74, 6) is -0.500. The van der Waals surface area contributed by atoms with Gasteiger partial charge in [0.2, 0.25) is 0 Å². The van der Waals surface area contributed by atoms with E-state index >= 15 is 0 Å². The molecule has 0 bridgehead atoms. The van der Waals surface area contributed by atoms with Gasteiger partial charge in [-0.15, -0.1) is 0 Å². The minimum absolute atomic E-state index is 0.378. The van der Waals surface area contributed by atoms with Gasteiger partial charge in [-0.05, 0) is 26.0 Å². The van der Waals surface area contributed by atoms with E-state index in [0.717, 1.165) is 5.57 Å². The molecule has 0 fully saturated rings. The van der Waals surface area contributed by atoms with Crippen LogP contribution in [0, 0.1) is 0 Å². The molecule has 1 aromatic carbocycles. The van der Waals surface area contributed by atoms with Crippen LogP contribution in [0.2, 0.25) is 0 Å². The second-order valence-corrected chi connectivity index (χ2v) is 4.58. The van der Waals surface area contributed by atoms with Crippen molar-refractivity contribution in [3.05, 3.63) is 47.5 Å². The van der Waals surface area contributed by atoms with E-state index in [1.807, 2.05) is 19.9 Å². The highest BCUT2D eigenvalue weighted by atomic mass is 16.6. The van der Waals surface area contributed by atoms with Crippen molar-refractivity contribution in [2.75, 3.05) is 6.61 Å². The molecular formula is C15H20O4. The maximum absolute atomic E-state index is 11.9. The van der Waals surface area contributed by atoms with Crippen molar-refractivity contribution < 1.29 is 19.7 Å². The molecule has 1 rings (SSSR count). The van der Waals surface area contributed by atoms with E-state index in [0.29, 0.717) is 12.0 Å². The first-order valence-electron chi connectivity index (χ1n) is 6.23. The molecule has 0 aliphatic heterocycles. The van der Waals surface area contributed by atoms with Crippen molar-refractivity contribution in [2.45, 2.75) is 32.5 Å². The summed E-state index contributed by atoms with van der Waals surface area (Å²) in [6.07, 6.45) is 0.417. The van der Waals surface area contributed by atoms with Gasteiger partial charge in [-0.2, -0.15) is 0 Å². The molecular weight excluding hydrogens is 244 g/mol. The molecule has 0 saturated heterocycles. The van der Waals surface area contributed by atoms with Gasteiger partial charge in [-0.25, -0.2) is 4.79 Å². The fourth-order valence-corrected chi connectivity index (χ4v) is 1.53. The number of rotatable bonds is 6. The SMILES string of the molecule is CC(C)=CC[C@@H](OC(=O)c1ccccc1)[C@@H](O)CO. The van der Waals surface area contributed by atoms with Crippen LogP contribution in [0.5, 0.6) is 0 Å². The third-order valence-electron chi connectivity index (χ3n) is 2.64. The first-order chi connectivity index (χ1) is 9.04. The molecule has 0 unspecified atom stereocenters. The molecule has 19 heavy (non-hydrogen) atoms. The van der Waals surface area contributed by atoms with Gasteiger partial charge in [0.1, 0.15) is 12.2 Å². The summed E-state index contributed by atoms with van der Waals surface area (Å²) in [7, 11) is 0. The number of hydrogen-bond acceptors (Lipinski definition) is 4. The Morgan fingerprint density at radius 3 is 2.47 bits per heavy atom. The zero-order valence-electron chi connectivity index (χ0n) is 11.2. The number of aliphatic hydroxyl groups excluding tert-OH is 2. The monoisotopic (exact) mass is 264 g/mol. The molecule has 2 N–H and O–H groups in total. The lowest BCUT2D eigenvalue weighted by Gasteiger charge is -2.20. The molecule has 0 saturated carbocycles. The van der Waals surface area contributed by atoms with E-state index in [9.17, 15) is 9.90 Å². The van der Waals surface area contributed by atoms with Crippen LogP contribution in [0.25, 0.3) is 0 Å². The van der Waals surface area contributed by atoms with Crippen molar-refractivity contribution in [2.24, 2.45) is 0 Å². The van der Waals surface area contributed by atoms with E-state index < -0.39 is 24.8 Å². The maximum Gasteiger partial charge on any atom is 0.338 e. The van der Waals surface area contributed by atoms with Gasteiger partial charge in [0.25, 0.3) is 0 Å². The summed E-state index contributed by atoms with van der Waals surface area (Å²) in [6, 6.07) is 8.58. The highest BCUT2D eigenvalue weighted by Gasteiger charge is 2.22.